The van der Waals surface area contributed by atoms with Crippen molar-refractivity contribution in [1.29, 1.82) is 0 Å². The molecule has 9 heteroatoms. The Labute approximate surface area is 176 Å². The summed E-state index contributed by atoms with van der Waals surface area (Å²) in [6, 6.07) is 11.4. The van der Waals surface area contributed by atoms with Crippen molar-refractivity contribution in [3.63, 3.8) is 0 Å². The Morgan fingerprint density at radius 2 is 1.74 bits per heavy atom. The maximum Gasteiger partial charge on any atom is 0.416 e. The summed E-state index contributed by atoms with van der Waals surface area (Å²) >= 11 is 0. The van der Waals surface area contributed by atoms with Gasteiger partial charge < -0.3 is 9.80 Å². The van der Waals surface area contributed by atoms with Gasteiger partial charge in [-0.2, -0.15) is 13.2 Å². The molecule has 1 saturated heterocycles. The summed E-state index contributed by atoms with van der Waals surface area (Å²) in [5.74, 6) is -0.220. The fraction of sp³-hybridized carbons (Fsp3) is 0.318. The highest BCUT2D eigenvalue weighted by Crippen LogP contribution is 2.32. The van der Waals surface area contributed by atoms with Gasteiger partial charge in [-0.25, -0.2) is 4.98 Å². The van der Waals surface area contributed by atoms with E-state index in [2.05, 4.69) is 4.98 Å². The van der Waals surface area contributed by atoms with E-state index in [1.54, 1.807) is 42.2 Å². The zero-order valence-corrected chi connectivity index (χ0v) is 16.8. The summed E-state index contributed by atoms with van der Waals surface area (Å²) in [6.45, 7) is 3.18. The van der Waals surface area contributed by atoms with E-state index in [0.717, 1.165) is 12.1 Å². The third-order valence-electron chi connectivity index (χ3n) is 5.59. The standard InChI is InChI=1S/C22H21F3N4O2/c1-15(29-14-26-19-8-3-2-7-18(19)21(29)31)20(30)28-11-9-27(10-12-28)17-6-4-5-16(13-17)22(23,24)25/h2-8,13-15H,9-12H2,1H3. The number of hydrogen-bond acceptors (Lipinski definition) is 4. The van der Waals surface area contributed by atoms with Gasteiger partial charge in [-0.1, -0.05) is 18.2 Å². The second-order valence-corrected chi connectivity index (χ2v) is 7.51. The molecule has 1 aliphatic rings. The Bertz CT molecular complexity index is 1170. The molecule has 4 rings (SSSR count). The number of amides is 1. The lowest BCUT2D eigenvalue weighted by molar-refractivity contribution is -0.137. The highest BCUT2D eigenvalue weighted by atomic mass is 19.4. The van der Waals surface area contributed by atoms with Crippen LogP contribution in [0.3, 0.4) is 0 Å². The second kappa shape index (κ2) is 8.05. The molecule has 31 heavy (non-hydrogen) atoms. The first-order valence-electron chi connectivity index (χ1n) is 9.92. The van der Waals surface area contributed by atoms with E-state index in [9.17, 15) is 22.8 Å². The molecule has 162 valence electrons. The largest absolute Gasteiger partial charge is 0.416 e. The summed E-state index contributed by atoms with van der Waals surface area (Å²) in [5.41, 5.74) is 0.0670. The highest BCUT2D eigenvalue weighted by Gasteiger charge is 2.32. The molecular formula is C22H21F3N4O2. The number of anilines is 1. The van der Waals surface area contributed by atoms with Crippen molar-refractivity contribution in [2.24, 2.45) is 0 Å². The lowest BCUT2D eigenvalue weighted by atomic mass is 10.1. The quantitative estimate of drug-likeness (QED) is 0.640. The predicted octanol–water partition coefficient (Wildman–Crippen LogP) is 3.33. The van der Waals surface area contributed by atoms with Crippen LogP contribution >= 0.6 is 0 Å². The van der Waals surface area contributed by atoms with Gasteiger partial charge in [0.1, 0.15) is 6.04 Å². The van der Waals surface area contributed by atoms with Crippen molar-refractivity contribution in [1.82, 2.24) is 14.5 Å². The van der Waals surface area contributed by atoms with Gasteiger partial charge in [-0.05, 0) is 37.3 Å². The van der Waals surface area contributed by atoms with Crippen molar-refractivity contribution in [3.8, 4) is 0 Å². The number of nitrogens with zero attached hydrogens (tertiary/aromatic N) is 4. The SMILES string of the molecule is CC(C(=O)N1CCN(c2cccc(C(F)(F)F)c2)CC1)n1cnc2ccccc2c1=O. The molecule has 1 aromatic heterocycles. The fourth-order valence-corrected chi connectivity index (χ4v) is 3.81. The smallest absolute Gasteiger partial charge is 0.368 e. The predicted molar refractivity (Wildman–Crippen MR) is 111 cm³/mol. The van der Waals surface area contributed by atoms with Crippen molar-refractivity contribution < 1.29 is 18.0 Å². The van der Waals surface area contributed by atoms with Crippen LogP contribution in [0.5, 0.6) is 0 Å². The van der Waals surface area contributed by atoms with Gasteiger partial charge in [0.25, 0.3) is 5.56 Å². The molecule has 0 bridgehead atoms. The van der Waals surface area contributed by atoms with Gasteiger partial charge in [0.15, 0.2) is 0 Å². The summed E-state index contributed by atoms with van der Waals surface area (Å²) < 4.78 is 40.3. The Balaban J connectivity index is 1.46. The minimum atomic E-state index is -4.40. The summed E-state index contributed by atoms with van der Waals surface area (Å²) in [5, 5.41) is 0.444. The van der Waals surface area contributed by atoms with Crippen LogP contribution in [0, 0.1) is 0 Å². The van der Waals surface area contributed by atoms with Crippen molar-refractivity contribution in [2.45, 2.75) is 19.1 Å². The van der Waals surface area contributed by atoms with Crippen LogP contribution < -0.4 is 10.5 Å². The van der Waals surface area contributed by atoms with Crippen LogP contribution in [0.1, 0.15) is 18.5 Å². The Morgan fingerprint density at radius 3 is 2.45 bits per heavy atom. The topological polar surface area (TPSA) is 58.4 Å². The maximum atomic E-state index is 13.0. The number of para-hydroxylation sites is 1. The normalized spacial score (nSPS) is 15.9. The van der Waals surface area contributed by atoms with Gasteiger partial charge in [-0.3, -0.25) is 14.2 Å². The van der Waals surface area contributed by atoms with Crippen LogP contribution in [0.2, 0.25) is 0 Å². The molecule has 1 amide bonds. The van der Waals surface area contributed by atoms with Crippen LogP contribution in [-0.4, -0.2) is 46.5 Å². The molecule has 0 aliphatic carbocycles. The number of rotatable bonds is 3. The first-order chi connectivity index (χ1) is 14.8. The molecule has 0 saturated carbocycles. The number of alkyl halides is 3. The Morgan fingerprint density at radius 1 is 1.03 bits per heavy atom. The van der Waals surface area contributed by atoms with E-state index in [-0.39, 0.29) is 11.5 Å². The molecule has 0 N–H and O–H groups in total. The molecule has 1 atom stereocenters. The lowest BCUT2D eigenvalue weighted by Crippen LogP contribution is -2.51. The van der Waals surface area contributed by atoms with Crippen molar-refractivity contribution in [3.05, 3.63) is 70.8 Å². The zero-order chi connectivity index (χ0) is 22.2. The number of halogens is 3. The van der Waals surface area contributed by atoms with Crippen molar-refractivity contribution in [2.75, 3.05) is 31.1 Å². The molecule has 2 heterocycles. The highest BCUT2D eigenvalue weighted by molar-refractivity contribution is 5.82. The molecule has 1 fully saturated rings. The summed E-state index contributed by atoms with van der Waals surface area (Å²) in [6.07, 6.45) is -3.02. The monoisotopic (exact) mass is 430 g/mol. The number of carbonyl (C=O) groups excluding carboxylic acids is 1. The lowest BCUT2D eigenvalue weighted by Gasteiger charge is -2.37. The molecule has 1 unspecified atom stereocenters. The number of fused-ring (bicyclic) bond motifs is 1. The number of benzene rings is 2. The molecular weight excluding hydrogens is 409 g/mol. The Hall–Kier alpha value is -3.36. The second-order valence-electron chi connectivity index (χ2n) is 7.51. The minimum absolute atomic E-state index is 0.220. The molecule has 1 aliphatic heterocycles. The number of hydrogen-bond donors (Lipinski definition) is 0. The average molecular weight is 430 g/mol. The first kappa shape index (κ1) is 20.9. The first-order valence-corrected chi connectivity index (χ1v) is 9.92. The van der Waals surface area contributed by atoms with Gasteiger partial charge in [0.05, 0.1) is 22.8 Å². The minimum Gasteiger partial charge on any atom is -0.368 e. The average Bonchev–Trinajstić information content (AvgIpc) is 2.78. The van der Waals surface area contributed by atoms with Crippen LogP contribution in [0.15, 0.2) is 59.7 Å². The third kappa shape index (κ3) is 4.12. The molecule has 3 aromatic rings. The van der Waals surface area contributed by atoms with Crippen LogP contribution in [0.4, 0.5) is 18.9 Å². The summed E-state index contributed by atoms with van der Waals surface area (Å²) in [7, 11) is 0. The number of aromatic nitrogens is 2. The van der Waals surface area contributed by atoms with Crippen molar-refractivity contribution >= 4 is 22.5 Å². The zero-order valence-electron chi connectivity index (χ0n) is 16.8. The van der Waals surface area contributed by atoms with Gasteiger partial charge in [0.2, 0.25) is 5.91 Å². The fourth-order valence-electron chi connectivity index (χ4n) is 3.81. The van der Waals surface area contributed by atoms with E-state index in [4.69, 9.17) is 0 Å². The Kier molecular flexibility index (Phi) is 5.43. The van der Waals surface area contributed by atoms with E-state index >= 15 is 0 Å². The van der Waals surface area contributed by atoms with Crippen LogP contribution in [0.25, 0.3) is 10.9 Å². The number of carbonyl (C=O) groups is 1. The van der Waals surface area contributed by atoms with Crippen LogP contribution in [-0.2, 0) is 11.0 Å². The molecule has 2 aromatic carbocycles. The molecule has 0 spiro atoms. The molecule has 6 nitrogen and oxygen atoms in total. The third-order valence-corrected chi connectivity index (χ3v) is 5.59. The van der Waals surface area contributed by atoms with Gasteiger partial charge in [-0.15, -0.1) is 0 Å². The van der Waals surface area contributed by atoms with Gasteiger partial charge in [0, 0.05) is 31.9 Å². The van der Waals surface area contributed by atoms with E-state index < -0.39 is 17.8 Å². The van der Waals surface area contributed by atoms with E-state index in [1.165, 1.54) is 17.0 Å². The maximum absolute atomic E-state index is 13.0. The molecule has 0 radical (unpaired) electrons. The number of piperazine rings is 1. The van der Waals surface area contributed by atoms with Gasteiger partial charge >= 0.3 is 6.18 Å². The van der Waals surface area contributed by atoms with E-state index in [1.807, 2.05) is 4.90 Å². The van der Waals surface area contributed by atoms with E-state index in [0.29, 0.717) is 42.8 Å². The summed E-state index contributed by atoms with van der Waals surface area (Å²) in [4.78, 5) is 33.5.